The molecule has 1 N–H and O–H groups in total. The van der Waals surface area contributed by atoms with Crippen molar-refractivity contribution >= 4 is 6.29 Å². The average molecular weight is 85.1 g/mol. The summed E-state index contributed by atoms with van der Waals surface area (Å²) in [5, 5.41) is 2.59. The molecule has 0 aromatic rings. The highest BCUT2D eigenvalue weighted by atomic mass is 16.1. The van der Waals surface area contributed by atoms with Crippen LogP contribution in [0.4, 0.5) is 0 Å². The summed E-state index contributed by atoms with van der Waals surface area (Å²) >= 11 is 0. The van der Waals surface area contributed by atoms with Crippen LogP contribution in [0.1, 0.15) is 0 Å². The van der Waals surface area contributed by atoms with E-state index in [2.05, 4.69) is 11.9 Å². The Hall–Kier alpha value is -0.790. The van der Waals surface area contributed by atoms with Gasteiger partial charge < -0.3 is 10.1 Å². The fraction of sp³-hybridized carbons (Fsp3) is 0.250. The molecule has 0 aliphatic heterocycles. The highest BCUT2D eigenvalue weighted by Crippen LogP contribution is 1.45. The first-order chi connectivity index (χ1) is 2.91. The lowest BCUT2D eigenvalue weighted by atomic mass is 10.7. The maximum atomic E-state index is 9.45. The summed E-state index contributed by atoms with van der Waals surface area (Å²) in [6.07, 6.45) is 2.26. The van der Waals surface area contributed by atoms with Crippen molar-refractivity contribution in [2.75, 3.05) is 6.54 Å². The number of hydrogen-bond donors (Lipinski definition) is 1. The summed E-state index contributed by atoms with van der Waals surface area (Å²) in [4.78, 5) is 9.45. The van der Waals surface area contributed by atoms with Crippen LogP contribution in [0.3, 0.4) is 0 Å². The Bertz CT molecular complexity index is 43.5. The van der Waals surface area contributed by atoms with Crippen molar-refractivity contribution in [1.82, 2.24) is 5.32 Å². The molecule has 0 heterocycles. The Labute approximate surface area is 36.9 Å². The molecule has 0 amide bonds. The Morgan fingerprint density at radius 3 is 2.67 bits per heavy atom. The molecule has 0 fully saturated rings. The third-order valence-corrected chi connectivity index (χ3v) is 0.346. The van der Waals surface area contributed by atoms with Crippen molar-refractivity contribution in [3.8, 4) is 0 Å². The number of nitrogens with one attached hydrogen (secondary N) is 1. The number of rotatable bonds is 3. The third kappa shape index (κ3) is 3.21. The third-order valence-electron chi connectivity index (χ3n) is 0.346. The van der Waals surface area contributed by atoms with Crippen LogP contribution in [0.5, 0.6) is 0 Å². The molecule has 6 heavy (non-hydrogen) atoms. The summed E-state index contributed by atoms with van der Waals surface area (Å²) in [5.41, 5.74) is 0. The van der Waals surface area contributed by atoms with Gasteiger partial charge >= 0.3 is 0 Å². The number of carbonyl (C=O) groups is 1. The van der Waals surface area contributed by atoms with Crippen molar-refractivity contribution in [3.63, 3.8) is 0 Å². The van der Waals surface area contributed by atoms with E-state index in [1.165, 1.54) is 6.20 Å². The molecule has 0 rings (SSSR count). The molecule has 0 aliphatic rings. The second-order valence-electron chi connectivity index (χ2n) is 0.779. The van der Waals surface area contributed by atoms with Gasteiger partial charge in [0.2, 0.25) is 0 Å². The van der Waals surface area contributed by atoms with Crippen LogP contribution in [0, 0.1) is 0 Å². The van der Waals surface area contributed by atoms with Gasteiger partial charge in [0.1, 0.15) is 6.29 Å². The minimum atomic E-state index is 0.365. The zero-order valence-corrected chi connectivity index (χ0v) is 3.48. The van der Waals surface area contributed by atoms with Crippen molar-refractivity contribution < 1.29 is 4.79 Å². The van der Waals surface area contributed by atoms with E-state index in [1.807, 2.05) is 0 Å². The van der Waals surface area contributed by atoms with Gasteiger partial charge in [-0.1, -0.05) is 6.58 Å². The average Bonchev–Trinajstić information content (AvgIpc) is 1.61. The topological polar surface area (TPSA) is 29.1 Å². The monoisotopic (exact) mass is 85.1 g/mol. The van der Waals surface area contributed by atoms with Crippen LogP contribution < -0.4 is 5.32 Å². The van der Waals surface area contributed by atoms with Gasteiger partial charge in [0.15, 0.2) is 0 Å². The molecular formula is C4H7NO. The highest BCUT2D eigenvalue weighted by molar-refractivity contribution is 5.51. The fourth-order valence-electron chi connectivity index (χ4n) is 0.131. The van der Waals surface area contributed by atoms with E-state index in [9.17, 15) is 4.79 Å². The lowest BCUT2D eigenvalue weighted by molar-refractivity contribution is -0.107. The molecule has 0 aromatic heterocycles. The quantitative estimate of drug-likeness (QED) is 0.383. The summed E-state index contributed by atoms with van der Waals surface area (Å²) in [6.45, 7) is 3.69. The maximum Gasteiger partial charge on any atom is 0.139 e. The van der Waals surface area contributed by atoms with Gasteiger partial charge in [-0.05, 0) is 6.20 Å². The first kappa shape index (κ1) is 5.21. The number of aldehydes is 1. The molecule has 0 bridgehead atoms. The molecule has 0 atom stereocenters. The van der Waals surface area contributed by atoms with Gasteiger partial charge in [-0.2, -0.15) is 0 Å². The smallest absolute Gasteiger partial charge is 0.139 e. The van der Waals surface area contributed by atoms with Gasteiger partial charge in [-0.25, -0.2) is 0 Å². The molecule has 34 valence electrons. The molecule has 0 aromatic carbocycles. The second kappa shape index (κ2) is 4.21. The normalized spacial score (nSPS) is 6.67. The van der Waals surface area contributed by atoms with Crippen LogP contribution in [0.2, 0.25) is 0 Å². The van der Waals surface area contributed by atoms with Crippen molar-refractivity contribution in [1.29, 1.82) is 0 Å². The van der Waals surface area contributed by atoms with E-state index in [1.54, 1.807) is 0 Å². The van der Waals surface area contributed by atoms with Gasteiger partial charge in [0, 0.05) is 0 Å². The molecule has 0 radical (unpaired) electrons. The Kier molecular flexibility index (Phi) is 3.66. The second-order valence-corrected chi connectivity index (χ2v) is 0.779. The van der Waals surface area contributed by atoms with Gasteiger partial charge in [0.05, 0.1) is 6.54 Å². The zero-order valence-electron chi connectivity index (χ0n) is 3.48. The lowest BCUT2D eigenvalue weighted by Gasteiger charge is -1.82. The molecule has 0 saturated heterocycles. The Morgan fingerprint density at radius 1 is 1.83 bits per heavy atom. The Balaban J connectivity index is 2.66. The van der Waals surface area contributed by atoms with E-state index in [4.69, 9.17) is 0 Å². The first-order valence-electron chi connectivity index (χ1n) is 1.69. The summed E-state index contributed by atoms with van der Waals surface area (Å²) in [5.74, 6) is 0. The Morgan fingerprint density at radius 2 is 2.50 bits per heavy atom. The minimum absolute atomic E-state index is 0.365. The summed E-state index contributed by atoms with van der Waals surface area (Å²) < 4.78 is 0. The molecule has 2 heteroatoms. The van der Waals surface area contributed by atoms with E-state index >= 15 is 0 Å². The van der Waals surface area contributed by atoms with Crippen molar-refractivity contribution in [2.45, 2.75) is 0 Å². The summed E-state index contributed by atoms with van der Waals surface area (Å²) in [6, 6.07) is 0. The van der Waals surface area contributed by atoms with Crippen LogP contribution in [0.15, 0.2) is 12.8 Å². The molecule has 0 unspecified atom stereocenters. The van der Waals surface area contributed by atoms with Crippen molar-refractivity contribution in [3.05, 3.63) is 12.8 Å². The molecule has 0 saturated carbocycles. The molecular weight excluding hydrogens is 78.0 g/mol. The standard InChI is InChI=1S/C4H7NO/c1-2-5-3-4-6/h2,4-5H,1,3H2. The molecule has 0 aliphatic carbocycles. The maximum absolute atomic E-state index is 9.45. The van der Waals surface area contributed by atoms with Crippen LogP contribution >= 0.6 is 0 Å². The van der Waals surface area contributed by atoms with Crippen molar-refractivity contribution in [2.24, 2.45) is 0 Å². The lowest BCUT2D eigenvalue weighted by Crippen LogP contribution is -2.05. The molecule has 0 spiro atoms. The van der Waals surface area contributed by atoms with Crippen LogP contribution in [0.25, 0.3) is 0 Å². The fourth-order valence-corrected chi connectivity index (χ4v) is 0.131. The van der Waals surface area contributed by atoms with E-state index in [-0.39, 0.29) is 0 Å². The molecule has 2 nitrogen and oxygen atoms in total. The predicted molar refractivity (Wildman–Crippen MR) is 24.3 cm³/mol. The van der Waals surface area contributed by atoms with E-state index < -0.39 is 0 Å². The number of hydrogen-bond acceptors (Lipinski definition) is 2. The van der Waals surface area contributed by atoms with Gasteiger partial charge in [-0.3, -0.25) is 0 Å². The zero-order chi connectivity index (χ0) is 4.83. The SMILES string of the molecule is C=CNCC=O. The summed E-state index contributed by atoms with van der Waals surface area (Å²) in [7, 11) is 0. The van der Waals surface area contributed by atoms with Gasteiger partial charge in [-0.15, -0.1) is 0 Å². The largest absolute Gasteiger partial charge is 0.385 e. The minimum Gasteiger partial charge on any atom is -0.385 e. The highest BCUT2D eigenvalue weighted by Gasteiger charge is 1.65. The predicted octanol–water partition coefficient (Wildman–Crippen LogP) is -0.0816. The first-order valence-corrected chi connectivity index (χ1v) is 1.69. The van der Waals surface area contributed by atoms with E-state index in [0.29, 0.717) is 6.54 Å². The van der Waals surface area contributed by atoms with Crippen LogP contribution in [-0.2, 0) is 4.79 Å². The van der Waals surface area contributed by atoms with Gasteiger partial charge in [0.25, 0.3) is 0 Å². The van der Waals surface area contributed by atoms with Crippen LogP contribution in [-0.4, -0.2) is 12.8 Å². The van der Waals surface area contributed by atoms with E-state index in [0.717, 1.165) is 6.29 Å². The number of carbonyl (C=O) groups excluding carboxylic acids is 1.